The van der Waals surface area contributed by atoms with E-state index in [1.54, 1.807) is 0 Å². The molecule has 0 aromatic heterocycles. The minimum absolute atomic E-state index is 0.142. The number of aromatic hydroxyl groups is 1. The molecule has 1 N–H and O–H groups in total. The summed E-state index contributed by atoms with van der Waals surface area (Å²) in [5, 5.41) is 11.2. The third-order valence-electron chi connectivity index (χ3n) is 6.86. The van der Waals surface area contributed by atoms with E-state index in [2.05, 4.69) is 109 Å². The summed E-state index contributed by atoms with van der Waals surface area (Å²) in [5.41, 5.74) is 2.80. The highest BCUT2D eigenvalue weighted by molar-refractivity contribution is 9.10. The van der Waals surface area contributed by atoms with E-state index in [0.717, 1.165) is 26.7 Å². The van der Waals surface area contributed by atoms with Crippen molar-refractivity contribution in [3.05, 3.63) is 63.1 Å². The predicted molar refractivity (Wildman–Crippen MR) is 138 cm³/mol. The first-order valence-corrected chi connectivity index (χ1v) is 12.2. The smallest absolute Gasteiger partial charge is 0.470 e. The molecule has 3 nitrogen and oxygen atoms in total. The minimum Gasteiger partial charge on any atom is -0.507 e. The van der Waals surface area contributed by atoms with Crippen LogP contribution in [0.4, 0.5) is 0 Å². The molecule has 1 aliphatic heterocycles. The predicted octanol–water partition coefficient (Wildman–Crippen LogP) is 7.51. The minimum atomic E-state index is -0.445. The fourth-order valence-corrected chi connectivity index (χ4v) is 4.63. The standard InChI is InChI=1S/C27H38BBrO3/c1-24(2,3)20-15-18(16-21(23(20)30)25(4,5)6)22(17-12-11-13-19(29)14-17)28-31-26(7,8)27(9,10)32-28/h11-16,22,30H,1-10H3. The highest BCUT2D eigenvalue weighted by Crippen LogP contribution is 2.46. The van der Waals surface area contributed by atoms with Crippen molar-refractivity contribution < 1.29 is 14.4 Å². The summed E-state index contributed by atoms with van der Waals surface area (Å²) in [5.74, 6) is 0.243. The Hall–Kier alpha value is -1.30. The van der Waals surface area contributed by atoms with E-state index < -0.39 is 18.3 Å². The number of halogens is 1. The van der Waals surface area contributed by atoms with Crippen LogP contribution >= 0.6 is 15.9 Å². The highest BCUT2D eigenvalue weighted by atomic mass is 79.9. The Bertz CT molecular complexity index is 948. The van der Waals surface area contributed by atoms with Crippen LogP contribution in [-0.4, -0.2) is 23.4 Å². The molecule has 2 aromatic rings. The Morgan fingerprint density at radius 2 is 1.28 bits per heavy atom. The molecule has 2 aromatic carbocycles. The molecule has 0 aliphatic carbocycles. The molecule has 5 heteroatoms. The monoisotopic (exact) mass is 500 g/mol. The molecule has 0 radical (unpaired) electrons. The Morgan fingerprint density at radius 1 is 0.812 bits per heavy atom. The van der Waals surface area contributed by atoms with Crippen LogP contribution in [0.25, 0.3) is 0 Å². The first kappa shape index (κ1) is 25.3. The van der Waals surface area contributed by atoms with Crippen molar-refractivity contribution in [3.8, 4) is 5.75 Å². The van der Waals surface area contributed by atoms with Crippen LogP contribution < -0.4 is 0 Å². The normalized spacial score (nSPS) is 19.3. The summed E-state index contributed by atoms with van der Waals surface area (Å²) in [6, 6.07) is 12.6. The van der Waals surface area contributed by atoms with Crippen LogP contribution in [0.1, 0.15) is 97.3 Å². The Morgan fingerprint density at radius 3 is 1.69 bits per heavy atom. The van der Waals surface area contributed by atoms with Crippen molar-refractivity contribution in [2.24, 2.45) is 0 Å². The molecule has 1 fully saturated rings. The molecule has 1 aliphatic rings. The zero-order valence-electron chi connectivity index (χ0n) is 21.3. The van der Waals surface area contributed by atoms with Crippen molar-refractivity contribution in [1.29, 1.82) is 0 Å². The van der Waals surface area contributed by atoms with Crippen molar-refractivity contribution in [3.63, 3.8) is 0 Å². The maximum atomic E-state index is 11.2. The fourth-order valence-electron chi connectivity index (χ4n) is 4.21. The lowest BCUT2D eigenvalue weighted by molar-refractivity contribution is 0.00578. The first-order valence-electron chi connectivity index (χ1n) is 11.4. The molecular weight excluding hydrogens is 463 g/mol. The molecule has 0 spiro atoms. The van der Waals surface area contributed by atoms with E-state index >= 15 is 0 Å². The van der Waals surface area contributed by atoms with Crippen LogP contribution in [0.5, 0.6) is 5.75 Å². The Balaban J connectivity index is 2.28. The van der Waals surface area contributed by atoms with Crippen molar-refractivity contribution in [2.45, 2.75) is 97.1 Å². The van der Waals surface area contributed by atoms with Crippen LogP contribution in [0.15, 0.2) is 40.9 Å². The lowest BCUT2D eigenvalue weighted by Crippen LogP contribution is -2.41. The highest BCUT2D eigenvalue weighted by Gasteiger charge is 2.54. The summed E-state index contributed by atoms with van der Waals surface area (Å²) in [4.78, 5) is 0. The number of rotatable bonds is 3. The van der Waals surface area contributed by atoms with Gasteiger partial charge < -0.3 is 14.4 Å². The molecule has 32 heavy (non-hydrogen) atoms. The lowest BCUT2D eigenvalue weighted by atomic mass is 9.63. The number of phenolic OH excluding ortho intramolecular Hbond substituents is 1. The molecule has 174 valence electrons. The Kier molecular flexibility index (Phi) is 6.47. The molecule has 0 bridgehead atoms. The van der Waals surface area contributed by atoms with Gasteiger partial charge in [0.1, 0.15) is 5.75 Å². The van der Waals surface area contributed by atoms with Crippen LogP contribution in [0.2, 0.25) is 0 Å². The molecular formula is C27H38BBrO3. The quantitative estimate of drug-likeness (QED) is 0.443. The van der Waals surface area contributed by atoms with Gasteiger partial charge in [0.05, 0.1) is 11.2 Å². The lowest BCUT2D eigenvalue weighted by Gasteiger charge is -2.32. The number of phenols is 1. The molecule has 1 atom stereocenters. The maximum absolute atomic E-state index is 11.2. The molecule has 0 saturated carbocycles. The number of hydrogen-bond donors (Lipinski definition) is 1. The summed E-state index contributed by atoms with van der Waals surface area (Å²) in [6.45, 7) is 21.2. The van der Waals surface area contributed by atoms with Gasteiger partial charge >= 0.3 is 7.12 Å². The van der Waals surface area contributed by atoms with E-state index in [9.17, 15) is 5.11 Å². The van der Waals surface area contributed by atoms with E-state index in [1.165, 1.54) is 0 Å². The average Bonchev–Trinajstić information content (AvgIpc) is 2.81. The van der Waals surface area contributed by atoms with E-state index in [0.29, 0.717) is 5.75 Å². The SMILES string of the molecule is CC(C)(C)c1cc(C(B2OC(C)(C)C(C)(C)O2)c2cccc(Br)c2)cc(C(C)(C)C)c1O. The fraction of sp³-hybridized carbons (Fsp3) is 0.556. The molecule has 1 unspecified atom stereocenters. The van der Waals surface area contributed by atoms with Gasteiger partial charge in [-0.3, -0.25) is 0 Å². The molecule has 0 amide bonds. The second-order valence-electron chi connectivity index (χ2n) is 12.1. The van der Waals surface area contributed by atoms with Gasteiger partial charge in [-0.05, 0) is 72.9 Å². The summed E-state index contributed by atoms with van der Waals surface area (Å²) < 4.78 is 14.1. The van der Waals surface area contributed by atoms with E-state index in [4.69, 9.17) is 9.31 Å². The Labute approximate surface area is 203 Å². The largest absolute Gasteiger partial charge is 0.507 e. The number of hydrogen-bond acceptors (Lipinski definition) is 3. The van der Waals surface area contributed by atoms with Crippen LogP contribution in [0, 0.1) is 0 Å². The van der Waals surface area contributed by atoms with Gasteiger partial charge in [0.25, 0.3) is 0 Å². The van der Waals surface area contributed by atoms with Gasteiger partial charge in [0, 0.05) is 10.3 Å². The third-order valence-corrected chi connectivity index (χ3v) is 7.35. The van der Waals surface area contributed by atoms with E-state index in [1.807, 2.05) is 12.1 Å². The van der Waals surface area contributed by atoms with Crippen molar-refractivity contribution in [2.75, 3.05) is 0 Å². The summed E-state index contributed by atoms with van der Waals surface area (Å²) in [6.07, 6.45) is 0. The number of benzene rings is 2. The van der Waals surface area contributed by atoms with Gasteiger partial charge in [-0.15, -0.1) is 0 Å². The topological polar surface area (TPSA) is 38.7 Å². The second-order valence-corrected chi connectivity index (χ2v) is 13.0. The first-order chi connectivity index (χ1) is 14.4. The average molecular weight is 501 g/mol. The van der Waals surface area contributed by atoms with Crippen molar-refractivity contribution >= 4 is 23.0 Å². The van der Waals surface area contributed by atoms with Gasteiger partial charge in [-0.1, -0.05) is 81.7 Å². The molecule has 1 heterocycles. The van der Waals surface area contributed by atoms with Gasteiger partial charge in [0.15, 0.2) is 0 Å². The summed E-state index contributed by atoms with van der Waals surface area (Å²) in [7, 11) is -0.445. The third kappa shape index (κ3) is 4.81. The van der Waals surface area contributed by atoms with E-state index in [-0.39, 0.29) is 16.6 Å². The second kappa shape index (κ2) is 8.18. The van der Waals surface area contributed by atoms with Crippen LogP contribution in [0.3, 0.4) is 0 Å². The summed E-state index contributed by atoms with van der Waals surface area (Å²) >= 11 is 3.64. The van der Waals surface area contributed by atoms with Gasteiger partial charge in [0.2, 0.25) is 0 Å². The van der Waals surface area contributed by atoms with Crippen molar-refractivity contribution in [1.82, 2.24) is 0 Å². The zero-order chi connectivity index (χ0) is 24.3. The zero-order valence-corrected chi connectivity index (χ0v) is 22.8. The molecule has 3 rings (SSSR count). The van der Waals surface area contributed by atoms with Crippen LogP contribution in [-0.2, 0) is 20.1 Å². The molecule has 1 saturated heterocycles. The van der Waals surface area contributed by atoms with Gasteiger partial charge in [-0.25, -0.2) is 0 Å². The van der Waals surface area contributed by atoms with Gasteiger partial charge in [-0.2, -0.15) is 0 Å². The maximum Gasteiger partial charge on any atom is 0.470 e.